The summed E-state index contributed by atoms with van der Waals surface area (Å²) >= 11 is 0. The summed E-state index contributed by atoms with van der Waals surface area (Å²) in [5.41, 5.74) is 3.43. The highest BCUT2D eigenvalue weighted by molar-refractivity contribution is 5.79. The van der Waals surface area contributed by atoms with Gasteiger partial charge in [0.15, 0.2) is 5.82 Å². The Hall–Kier alpha value is -3.60. The third-order valence-corrected chi connectivity index (χ3v) is 7.08. The number of rotatable bonds is 12. The van der Waals surface area contributed by atoms with Crippen LogP contribution in [0.3, 0.4) is 0 Å². The largest absolute Gasteiger partial charge is 0.494 e. The lowest BCUT2D eigenvalue weighted by Crippen LogP contribution is -2.39. The number of ether oxygens (including phenoxy) is 3. The molecule has 10 heteroatoms. The smallest absolute Gasteiger partial charge is 0.253 e. The van der Waals surface area contributed by atoms with E-state index in [9.17, 15) is 4.79 Å². The molecule has 1 aliphatic rings. The van der Waals surface area contributed by atoms with Crippen molar-refractivity contribution in [2.45, 2.75) is 51.9 Å². The molecular weight excluding hydrogens is 496 g/mol. The molecule has 0 bridgehead atoms. The second-order valence-electron chi connectivity index (χ2n) is 9.94. The van der Waals surface area contributed by atoms with Crippen molar-refractivity contribution in [3.8, 4) is 5.75 Å². The van der Waals surface area contributed by atoms with Crippen LogP contribution in [0, 0.1) is 6.92 Å². The van der Waals surface area contributed by atoms with Crippen LogP contribution in [0.15, 0.2) is 53.3 Å². The summed E-state index contributed by atoms with van der Waals surface area (Å²) in [5.74, 6) is 1.42. The molecule has 5 rings (SSSR count). The van der Waals surface area contributed by atoms with Gasteiger partial charge >= 0.3 is 0 Å². The number of nitrogens with one attached hydrogen (secondary N) is 1. The van der Waals surface area contributed by atoms with E-state index in [0.29, 0.717) is 44.2 Å². The molecule has 0 radical (unpaired) electrons. The van der Waals surface area contributed by atoms with Crippen LogP contribution in [0.4, 0.5) is 0 Å². The molecule has 1 saturated heterocycles. The van der Waals surface area contributed by atoms with E-state index in [1.165, 1.54) is 0 Å². The molecule has 3 heterocycles. The van der Waals surface area contributed by atoms with E-state index >= 15 is 0 Å². The molecule has 0 unspecified atom stereocenters. The quantitative estimate of drug-likeness (QED) is 0.295. The maximum Gasteiger partial charge on any atom is 0.253 e. The zero-order chi connectivity index (χ0) is 27.2. The zero-order valence-electron chi connectivity index (χ0n) is 22.8. The number of pyridine rings is 1. The van der Waals surface area contributed by atoms with Crippen molar-refractivity contribution in [1.29, 1.82) is 0 Å². The van der Waals surface area contributed by atoms with Gasteiger partial charge in [-0.05, 0) is 78.4 Å². The lowest BCUT2D eigenvalue weighted by atomic mass is 10.0. The molecule has 1 aliphatic heterocycles. The monoisotopic (exact) mass is 532 g/mol. The summed E-state index contributed by atoms with van der Waals surface area (Å²) < 4.78 is 18.8. The lowest BCUT2D eigenvalue weighted by molar-refractivity contribution is 0.0569. The summed E-state index contributed by atoms with van der Waals surface area (Å²) in [6, 6.07) is 15.6. The van der Waals surface area contributed by atoms with Crippen LogP contribution >= 0.6 is 0 Å². The average Bonchev–Trinajstić information content (AvgIpc) is 3.62. The first kappa shape index (κ1) is 27.0. The standard InChI is InChI=1S/C29H36N6O4/c1-4-38-23-10-8-21(9-11-23)18-34(19-24-6-5-14-39-24)27(28-31-32-33-35(28)13-15-37-3)25-17-22-16-20(2)7-12-26(22)30-29(25)36/h7-12,16-17,24,27H,4-6,13-15,18-19H2,1-3H3,(H,30,36)/t24-,27-/m1/s1. The van der Waals surface area contributed by atoms with Gasteiger partial charge in [0, 0.05) is 37.9 Å². The van der Waals surface area contributed by atoms with Gasteiger partial charge in [-0.25, -0.2) is 4.68 Å². The predicted molar refractivity (Wildman–Crippen MR) is 148 cm³/mol. The lowest BCUT2D eigenvalue weighted by Gasteiger charge is -2.32. The molecule has 1 N–H and O–H groups in total. The minimum absolute atomic E-state index is 0.0558. The van der Waals surface area contributed by atoms with Gasteiger partial charge in [0.25, 0.3) is 5.56 Å². The molecular formula is C29H36N6O4. The number of tetrazole rings is 1. The van der Waals surface area contributed by atoms with E-state index in [0.717, 1.165) is 47.2 Å². The summed E-state index contributed by atoms with van der Waals surface area (Å²) in [6.07, 6.45) is 2.04. The van der Waals surface area contributed by atoms with E-state index in [2.05, 4.69) is 43.6 Å². The number of aromatic amines is 1. The second-order valence-corrected chi connectivity index (χ2v) is 9.94. The Morgan fingerprint density at radius 3 is 2.79 bits per heavy atom. The molecule has 4 aromatic rings. The van der Waals surface area contributed by atoms with Gasteiger partial charge in [0.2, 0.25) is 0 Å². The van der Waals surface area contributed by atoms with Crippen molar-refractivity contribution in [3.63, 3.8) is 0 Å². The van der Waals surface area contributed by atoms with Crippen molar-refractivity contribution in [3.05, 3.63) is 81.4 Å². The molecule has 0 amide bonds. The fraction of sp³-hybridized carbons (Fsp3) is 0.448. The molecule has 39 heavy (non-hydrogen) atoms. The van der Waals surface area contributed by atoms with E-state index in [1.54, 1.807) is 11.8 Å². The zero-order valence-corrected chi connectivity index (χ0v) is 22.8. The first-order chi connectivity index (χ1) is 19.1. The maximum absolute atomic E-state index is 13.7. The number of aromatic nitrogens is 5. The first-order valence-corrected chi connectivity index (χ1v) is 13.5. The van der Waals surface area contributed by atoms with E-state index < -0.39 is 6.04 Å². The highest BCUT2D eigenvalue weighted by atomic mass is 16.5. The molecule has 2 aromatic carbocycles. The Balaban J connectivity index is 1.62. The fourth-order valence-corrected chi connectivity index (χ4v) is 5.19. The minimum atomic E-state index is -0.513. The SMILES string of the molecule is CCOc1ccc(CN(C[C@H]2CCCO2)[C@H](c2cc3cc(C)ccc3[nH]c2=O)c2nnnn2CCOC)cc1. The Kier molecular flexibility index (Phi) is 8.65. The minimum Gasteiger partial charge on any atom is -0.494 e. The number of aryl methyl sites for hydroxylation is 1. The molecule has 1 fully saturated rings. The summed E-state index contributed by atoms with van der Waals surface area (Å²) in [6.45, 7) is 7.48. The highest BCUT2D eigenvalue weighted by Gasteiger charge is 2.33. The van der Waals surface area contributed by atoms with Crippen LogP contribution in [0.5, 0.6) is 5.75 Å². The van der Waals surface area contributed by atoms with Crippen molar-refractivity contribution < 1.29 is 14.2 Å². The molecule has 10 nitrogen and oxygen atoms in total. The van der Waals surface area contributed by atoms with Crippen LogP contribution < -0.4 is 10.3 Å². The predicted octanol–water partition coefficient (Wildman–Crippen LogP) is 3.64. The van der Waals surface area contributed by atoms with E-state index in [4.69, 9.17) is 14.2 Å². The van der Waals surface area contributed by atoms with Gasteiger partial charge in [-0.15, -0.1) is 5.10 Å². The van der Waals surface area contributed by atoms with Gasteiger partial charge in [-0.3, -0.25) is 9.69 Å². The first-order valence-electron chi connectivity index (χ1n) is 13.5. The third kappa shape index (κ3) is 6.35. The van der Waals surface area contributed by atoms with Gasteiger partial charge in [-0.1, -0.05) is 23.8 Å². The van der Waals surface area contributed by atoms with Crippen LogP contribution in [0.1, 0.15) is 48.3 Å². The van der Waals surface area contributed by atoms with Gasteiger partial charge < -0.3 is 19.2 Å². The molecule has 0 spiro atoms. The fourth-order valence-electron chi connectivity index (χ4n) is 5.19. The number of hydrogen-bond acceptors (Lipinski definition) is 8. The number of nitrogens with zero attached hydrogens (tertiary/aromatic N) is 5. The van der Waals surface area contributed by atoms with Crippen molar-refractivity contribution >= 4 is 10.9 Å². The van der Waals surface area contributed by atoms with Crippen LogP contribution in [-0.4, -0.2) is 69.7 Å². The van der Waals surface area contributed by atoms with Crippen LogP contribution in [-0.2, 0) is 22.6 Å². The summed E-state index contributed by atoms with van der Waals surface area (Å²) in [4.78, 5) is 19.0. The Labute approximate surface area is 227 Å². The highest BCUT2D eigenvalue weighted by Crippen LogP contribution is 2.30. The Morgan fingerprint density at radius 1 is 1.21 bits per heavy atom. The average molecular weight is 533 g/mol. The normalized spacial score (nSPS) is 16.3. The summed E-state index contributed by atoms with van der Waals surface area (Å²) in [5, 5.41) is 13.7. The molecule has 206 valence electrons. The Morgan fingerprint density at radius 2 is 2.05 bits per heavy atom. The summed E-state index contributed by atoms with van der Waals surface area (Å²) in [7, 11) is 1.65. The van der Waals surface area contributed by atoms with Gasteiger partial charge in [-0.2, -0.15) is 0 Å². The third-order valence-electron chi connectivity index (χ3n) is 7.08. The van der Waals surface area contributed by atoms with Gasteiger partial charge in [0.1, 0.15) is 11.8 Å². The van der Waals surface area contributed by atoms with E-state index in [1.807, 2.05) is 44.2 Å². The second kappa shape index (κ2) is 12.5. The number of hydrogen-bond donors (Lipinski definition) is 1. The van der Waals surface area contributed by atoms with Crippen molar-refractivity contribution in [2.75, 3.05) is 33.5 Å². The molecule has 0 aliphatic carbocycles. The van der Waals surface area contributed by atoms with Crippen LogP contribution in [0.2, 0.25) is 0 Å². The van der Waals surface area contributed by atoms with Crippen LogP contribution in [0.25, 0.3) is 10.9 Å². The topological polar surface area (TPSA) is 107 Å². The number of H-pyrrole nitrogens is 1. The van der Waals surface area contributed by atoms with E-state index in [-0.39, 0.29) is 11.7 Å². The maximum atomic E-state index is 13.7. The molecule has 2 atom stereocenters. The number of benzene rings is 2. The molecule has 2 aromatic heterocycles. The number of methoxy groups -OCH3 is 1. The van der Waals surface area contributed by atoms with Crippen molar-refractivity contribution in [1.82, 2.24) is 30.1 Å². The molecule has 0 saturated carbocycles. The van der Waals surface area contributed by atoms with Gasteiger partial charge in [0.05, 0.1) is 25.9 Å². The van der Waals surface area contributed by atoms with Crippen molar-refractivity contribution in [2.24, 2.45) is 0 Å². The number of fused-ring (bicyclic) bond motifs is 1. The Bertz CT molecular complexity index is 1430.